The van der Waals surface area contributed by atoms with Crippen LogP contribution in [-0.2, 0) is 9.47 Å². The lowest BCUT2D eigenvalue weighted by Gasteiger charge is -2.61. The Labute approximate surface area is 180 Å². The zero-order valence-corrected chi connectivity index (χ0v) is 19.2. The van der Waals surface area contributed by atoms with Crippen molar-refractivity contribution in [1.29, 1.82) is 0 Å². The molecule has 0 amide bonds. The molecule has 0 aromatic heterocycles. The normalized spacial score (nSPS) is 40.5. The van der Waals surface area contributed by atoms with E-state index in [4.69, 9.17) is 9.47 Å². The molecule has 5 nitrogen and oxygen atoms in total. The smallest absolute Gasteiger partial charge is 0.191 e. The molecule has 1 heterocycles. The van der Waals surface area contributed by atoms with Gasteiger partial charge in [-0.3, -0.25) is 4.99 Å². The second-order valence-corrected chi connectivity index (χ2v) is 9.34. The van der Waals surface area contributed by atoms with E-state index in [-0.39, 0.29) is 24.0 Å². The highest BCUT2D eigenvalue weighted by molar-refractivity contribution is 14.0. The molecule has 0 bridgehead atoms. The van der Waals surface area contributed by atoms with Crippen LogP contribution >= 0.6 is 24.0 Å². The molecule has 5 aliphatic rings. The van der Waals surface area contributed by atoms with Crippen LogP contribution in [0.1, 0.15) is 64.7 Å². The Morgan fingerprint density at radius 2 is 1.85 bits per heavy atom. The van der Waals surface area contributed by atoms with E-state index in [2.05, 4.69) is 22.5 Å². The average molecular weight is 489 g/mol. The number of nitrogens with one attached hydrogen (secondary N) is 2. The summed E-state index contributed by atoms with van der Waals surface area (Å²) >= 11 is 0. The first-order chi connectivity index (χ1) is 12.7. The van der Waals surface area contributed by atoms with Gasteiger partial charge in [0.1, 0.15) is 0 Å². The number of hydrogen-bond acceptors (Lipinski definition) is 3. The topological polar surface area (TPSA) is 54.9 Å². The van der Waals surface area contributed by atoms with Gasteiger partial charge in [0, 0.05) is 49.1 Å². The first-order valence-electron chi connectivity index (χ1n) is 11.0. The summed E-state index contributed by atoms with van der Waals surface area (Å²) in [7, 11) is 1.92. The maximum atomic E-state index is 6.13. The summed E-state index contributed by atoms with van der Waals surface area (Å²) in [5.74, 6) is 1.69. The third-order valence-electron chi connectivity index (χ3n) is 8.55. The summed E-state index contributed by atoms with van der Waals surface area (Å²) in [6, 6.07) is 1.07. The molecular formula is C21H36IN3O2. The van der Waals surface area contributed by atoms with E-state index in [1.807, 2.05) is 7.05 Å². The Balaban J connectivity index is 0.00000180. The summed E-state index contributed by atoms with van der Waals surface area (Å²) < 4.78 is 12.1. The van der Waals surface area contributed by atoms with Crippen molar-refractivity contribution >= 4 is 29.9 Å². The molecule has 5 atom stereocenters. The maximum absolute atomic E-state index is 6.13. The molecule has 2 N–H and O–H groups in total. The summed E-state index contributed by atoms with van der Waals surface area (Å²) in [4.78, 5) is 4.61. The number of hydrogen-bond donors (Lipinski definition) is 2. The highest BCUT2D eigenvalue weighted by Gasteiger charge is 2.65. The van der Waals surface area contributed by atoms with Crippen LogP contribution in [0.25, 0.3) is 0 Å². The molecule has 6 heteroatoms. The molecule has 4 saturated carbocycles. The minimum Gasteiger partial charge on any atom is -0.378 e. The van der Waals surface area contributed by atoms with E-state index in [1.54, 1.807) is 0 Å². The first-order valence-corrected chi connectivity index (χ1v) is 11.0. The van der Waals surface area contributed by atoms with Crippen molar-refractivity contribution in [1.82, 2.24) is 10.6 Å². The van der Waals surface area contributed by atoms with E-state index >= 15 is 0 Å². The minimum absolute atomic E-state index is 0. The molecule has 5 fully saturated rings. The summed E-state index contributed by atoms with van der Waals surface area (Å²) in [5, 5.41) is 7.65. The molecule has 5 unspecified atom stereocenters. The molecule has 27 heavy (non-hydrogen) atoms. The molecule has 4 aliphatic carbocycles. The van der Waals surface area contributed by atoms with Crippen LogP contribution in [0.3, 0.4) is 0 Å². The molecule has 154 valence electrons. The van der Waals surface area contributed by atoms with Gasteiger partial charge in [-0.1, -0.05) is 19.3 Å². The molecule has 1 aliphatic heterocycles. The van der Waals surface area contributed by atoms with E-state index in [9.17, 15) is 0 Å². The third kappa shape index (κ3) is 2.87. The standard InChI is InChI=1S/C21H35N3O2.HI/c1-3-25-16-13-15(20(16)10-6-11-20)23-19(22-2)24-17-14-7-12-26-18(14)21(17)8-4-5-9-21;/h14-18H,3-13H2,1-2H3,(H2,22,23,24);1H. The lowest BCUT2D eigenvalue weighted by molar-refractivity contribution is -0.169. The molecule has 0 radical (unpaired) electrons. The average Bonchev–Trinajstić information content (AvgIpc) is 3.23. The second-order valence-electron chi connectivity index (χ2n) is 9.34. The van der Waals surface area contributed by atoms with Crippen molar-refractivity contribution in [3.8, 4) is 0 Å². The molecule has 1 saturated heterocycles. The van der Waals surface area contributed by atoms with E-state index in [0.29, 0.717) is 41.0 Å². The van der Waals surface area contributed by atoms with Crippen LogP contribution in [0.15, 0.2) is 4.99 Å². The SMILES string of the molecule is CCOC1CC(NC(=NC)NC2C3CCOC3C23CCCC3)C12CCC2.I. The van der Waals surface area contributed by atoms with Crippen LogP contribution in [0.4, 0.5) is 0 Å². The summed E-state index contributed by atoms with van der Waals surface area (Å²) in [6.07, 6.45) is 12.6. The van der Waals surface area contributed by atoms with E-state index in [1.165, 1.54) is 51.4 Å². The zero-order valence-electron chi connectivity index (χ0n) is 16.8. The summed E-state index contributed by atoms with van der Waals surface area (Å²) in [5.41, 5.74) is 0.748. The Kier molecular flexibility index (Phi) is 5.71. The summed E-state index contributed by atoms with van der Waals surface area (Å²) in [6.45, 7) is 3.90. The lowest BCUT2D eigenvalue weighted by atomic mass is 9.51. The quantitative estimate of drug-likeness (QED) is 0.361. The van der Waals surface area contributed by atoms with Gasteiger partial charge in [0.2, 0.25) is 0 Å². The van der Waals surface area contributed by atoms with Gasteiger partial charge in [0.05, 0.1) is 12.2 Å². The van der Waals surface area contributed by atoms with Gasteiger partial charge in [0.25, 0.3) is 0 Å². The fourth-order valence-electron chi connectivity index (χ4n) is 7.03. The van der Waals surface area contributed by atoms with Gasteiger partial charge in [-0.25, -0.2) is 0 Å². The van der Waals surface area contributed by atoms with Gasteiger partial charge < -0.3 is 20.1 Å². The largest absolute Gasteiger partial charge is 0.378 e. The van der Waals surface area contributed by atoms with E-state index < -0.39 is 0 Å². The van der Waals surface area contributed by atoms with Crippen LogP contribution in [-0.4, -0.2) is 50.5 Å². The number of guanidine groups is 1. The number of fused-ring (bicyclic) bond motifs is 2. The number of rotatable bonds is 4. The monoisotopic (exact) mass is 489 g/mol. The van der Waals surface area contributed by atoms with Crippen LogP contribution in [0.5, 0.6) is 0 Å². The fourth-order valence-corrected chi connectivity index (χ4v) is 7.03. The lowest BCUT2D eigenvalue weighted by Crippen LogP contribution is -2.72. The van der Waals surface area contributed by atoms with Crippen molar-refractivity contribution in [3.05, 3.63) is 0 Å². The van der Waals surface area contributed by atoms with Crippen molar-refractivity contribution < 1.29 is 9.47 Å². The van der Waals surface area contributed by atoms with Crippen LogP contribution in [0.2, 0.25) is 0 Å². The Morgan fingerprint density at radius 1 is 1.11 bits per heavy atom. The molecule has 2 spiro atoms. The van der Waals surface area contributed by atoms with Gasteiger partial charge in [-0.15, -0.1) is 24.0 Å². The van der Waals surface area contributed by atoms with Crippen LogP contribution < -0.4 is 10.6 Å². The van der Waals surface area contributed by atoms with Gasteiger partial charge >= 0.3 is 0 Å². The van der Waals surface area contributed by atoms with Crippen molar-refractivity contribution in [2.45, 2.75) is 89.0 Å². The third-order valence-corrected chi connectivity index (χ3v) is 8.55. The second kappa shape index (κ2) is 7.63. The minimum atomic E-state index is 0. The van der Waals surface area contributed by atoms with Crippen molar-refractivity contribution in [2.75, 3.05) is 20.3 Å². The van der Waals surface area contributed by atoms with Crippen molar-refractivity contribution in [3.63, 3.8) is 0 Å². The Hall–Kier alpha value is -0.0800. The highest BCUT2D eigenvalue weighted by Crippen LogP contribution is 2.61. The molecule has 0 aromatic carbocycles. The first kappa shape index (κ1) is 20.2. The highest BCUT2D eigenvalue weighted by atomic mass is 127. The maximum Gasteiger partial charge on any atom is 0.191 e. The predicted octanol–water partition coefficient (Wildman–Crippen LogP) is 3.46. The molecular weight excluding hydrogens is 453 g/mol. The van der Waals surface area contributed by atoms with Gasteiger partial charge in [-0.05, 0) is 45.4 Å². The number of halogens is 1. The van der Waals surface area contributed by atoms with Crippen molar-refractivity contribution in [2.24, 2.45) is 21.7 Å². The Bertz CT molecular complexity index is 574. The van der Waals surface area contributed by atoms with Gasteiger partial charge in [0.15, 0.2) is 5.96 Å². The number of aliphatic imine (C=N–C) groups is 1. The Morgan fingerprint density at radius 3 is 2.48 bits per heavy atom. The predicted molar refractivity (Wildman–Crippen MR) is 118 cm³/mol. The fraction of sp³-hybridized carbons (Fsp3) is 0.952. The molecule has 0 aromatic rings. The number of nitrogens with zero attached hydrogens (tertiary/aromatic N) is 1. The number of ether oxygens (including phenoxy) is 2. The zero-order chi connectivity index (χ0) is 17.8. The van der Waals surface area contributed by atoms with E-state index in [0.717, 1.165) is 25.6 Å². The molecule has 5 rings (SSSR count). The van der Waals surface area contributed by atoms with Crippen LogP contribution in [0, 0.1) is 16.7 Å². The van der Waals surface area contributed by atoms with Gasteiger partial charge in [-0.2, -0.15) is 0 Å².